The molecule has 2 amide bonds. The highest BCUT2D eigenvalue weighted by atomic mass is 16.2. The Morgan fingerprint density at radius 2 is 1.96 bits per heavy atom. The summed E-state index contributed by atoms with van der Waals surface area (Å²) in [5, 5.41) is 3.11. The van der Waals surface area contributed by atoms with Gasteiger partial charge in [-0.3, -0.25) is 14.5 Å². The van der Waals surface area contributed by atoms with E-state index in [1.807, 2.05) is 4.90 Å². The van der Waals surface area contributed by atoms with Gasteiger partial charge in [0.15, 0.2) is 0 Å². The van der Waals surface area contributed by atoms with Crippen molar-refractivity contribution in [2.24, 2.45) is 5.73 Å². The summed E-state index contributed by atoms with van der Waals surface area (Å²) >= 11 is 0. The predicted molar refractivity (Wildman–Crippen MR) is 91.0 cm³/mol. The molecule has 2 rings (SSSR count). The summed E-state index contributed by atoms with van der Waals surface area (Å²) < 4.78 is 0. The van der Waals surface area contributed by atoms with Gasteiger partial charge in [0.25, 0.3) is 0 Å². The third kappa shape index (κ3) is 5.67. The molecule has 5 nitrogen and oxygen atoms in total. The van der Waals surface area contributed by atoms with Crippen LogP contribution in [0.5, 0.6) is 0 Å². The summed E-state index contributed by atoms with van der Waals surface area (Å²) in [5.74, 6) is -0.181. The fraction of sp³-hybridized carbons (Fsp3) is 0.556. The number of benzene rings is 1. The zero-order valence-corrected chi connectivity index (χ0v) is 14.1. The van der Waals surface area contributed by atoms with Crippen LogP contribution in [-0.4, -0.2) is 42.4 Å². The molecule has 1 saturated heterocycles. The third-order valence-corrected chi connectivity index (χ3v) is 4.45. The molecule has 0 aromatic heterocycles. The minimum atomic E-state index is -0.291. The van der Waals surface area contributed by atoms with Crippen LogP contribution in [0, 0.1) is 13.8 Å². The molecule has 1 fully saturated rings. The molecule has 0 bridgehead atoms. The topological polar surface area (TPSA) is 75.4 Å². The number of hydrogen-bond donors (Lipinski definition) is 2. The fourth-order valence-corrected chi connectivity index (χ4v) is 3.13. The van der Waals surface area contributed by atoms with Crippen LogP contribution in [0.2, 0.25) is 0 Å². The maximum atomic E-state index is 12.1. The van der Waals surface area contributed by atoms with E-state index in [0.717, 1.165) is 32.4 Å². The zero-order valence-electron chi connectivity index (χ0n) is 14.1. The number of primary amides is 1. The number of nitrogens with one attached hydrogen (secondary N) is 1. The van der Waals surface area contributed by atoms with Gasteiger partial charge in [-0.2, -0.15) is 0 Å². The average Bonchev–Trinajstić information content (AvgIpc) is 2.48. The van der Waals surface area contributed by atoms with Crippen LogP contribution in [0.25, 0.3) is 0 Å². The minimum Gasteiger partial charge on any atom is -0.369 e. The van der Waals surface area contributed by atoms with Gasteiger partial charge in [0.05, 0.1) is 6.54 Å². The molecule has 5 heteroatoms. The minimum absolute atomic E-state index is 0.110. The van der Waals surface area contributed by atoms with Gasteiger partial charge in [0.2, 0.25) is 11.8 Å². The quantitative estimate of drug-likeness (QED) is 0.830. The highest BCUT2D eigenvalue weighted by molar-refractivity contribution is 5.77. The van der Waals surface area contributed by atoms with Crippen LogP contribution in [0.15, 0.2) is 18.2 Å². The van der Waals surface area contributed by atoms with Crippen molar-refractivity contribution in [3.05, 3.63) is 34.9 Å². The van der Waals surface area contributed by atoms with E-state index in [2.05, 4.69) is 37.4 Å². The Kier molecular flexibility index (Phi) is 6.16. The maximum Gasteiger partial charge on any atom is 0.231 e. The van der Waals surface area contributed by atoms with Gasteiger partial charge in [-0.15, -0.1) is 0 Å². The molecule has 1 aromatic carbocycles. The molecule has 1 aromatic rings. The van der Waals surface area contributed by atoms with Crippen molar-refractivity contribution in [1.82, 2.24) is 10.2 Å². The summed E-state index contributed by atoms with van der Waals surface area (Å²) in [6.07, 6.45) is 3.05. The van der Waals surface area contributed by atoms with Gasteiger partial charge in [-0.25, -0.2) is 0 Å². The highest BCUT2D eigenvalue weighted by Gasteiger charge is 2.21. The molecule has 0 aliphatic carbocycles. The lowest BCUT2D eigenvalue weighted by Crippen LogP contribution is -2.46. The first-order valence-corrected chi connectivity index (χ1v) is 8.30. The van der Waals surface area contributed by atoms with E-state index >= 15 is 0 Å². The van der Waals surface area contributed by atoms with Crippen molar-refractivity contribution in [2.75, 3.05) is 19.6 Å². The number of piperidine rings is 1. The van der Waals surface area contributed by atoms with Crippen LogP contribution in [-0.2, 0) is 16.0 Å². The molecule has 0 saturated carbocycles. The van der Waals surface area contributed by atoms with E-state index in [1.165, 1.54) is 16.7 Å². The van der Waals surface area contributed by atoms with E-state index in [4.69, 9.17) is 5.73 Å². The van der Waals surface area contributed by atoms with Crippen LogP contribution < -0.4 is 11.1 Å². The first-order chi connectivity index (χ1) is 10.9. The number of carbonyl (C=O) groups excluding carboxylic acids is 2. The van der Waals surface area contributed by atoms with Crippen LogP contribution in [0.3, 0.4) is 0 Å². The molecular weight excluding hydrogens is 290 g/mol. The normalized spacial score (nSPS) is 16.3. The average molecular weight is 317 g/mol. The second kappa shape index (κ2) is 8.11. The molecule has 1 heterocycles. The predicted octanol–water partition coefficient (Wildman–Crippen LogP) is 1.30. The molecule has 3 N–H and O–H groups in total. The van der Waals surface area contributed by atoms with E-state index in [1.54, 1.807) is 0 Å². The second-order valence-corrected chi connectivity index (χ2v) is 6.51. The van der Waals surface area contributed by atoms with Crippen molar-refractivity contribution in [2.45, 2.75) is 45.6 Å². The van der Waals surface area contributed by atoms with Gasteiger partial charge in [0.1, 0.15) is 0 Å². The second-order valence-electron chi connectivity index (χ2n) is 6.51. The maximum absolute atomic E-state index is 12.1. The molecule has 0 spiro atoms. The van der Waals surface area contributed by atoms with E-state index < -0.39 is 0 Å². The number of aryl methyl sites for hydroxylation is 3. The lowest BCUT2D eigenvalue weighted by atomic mass is 10.0. The van der Waals surface area contributed by atoms with Gasteiger partial charge in [-0.1, -0.05) is 23.8 Å². The Morgan fingerprint density at radius 3 is 2.57 bits per heavy atom. The first-order valence-electron chi connectivity index (χ1n) is 8.30. The van der Waals surface area contributed by atoms with Crippen LogP contribution in [0.4, 0.5) is 0 Å². The first kappa shape index (κ1) is 17.5. The lowest BCUT2D eigenvalue weighted by molar-refractivity contribution is -0.123. The standard InChI is InChI=1S/C18H27N3O2/c1-13-3-4-15(14(2)11-13)5-6-18(23)20-16-7-9-21(10-8-16)12-17(19)22/h3-4,11,16H,5-10,12H2,1-2H3,(H2,19,22)(H,20,23). The summed E-state index contributed by atoms with van der Waals surface area (Å²) in [4.78, 5) is 25.1. The Balaban J connectivity index is 1.72. The highest BCUT2D eigenvalue weighted by Crippen LogP contribution is 2.13. The van der Waals surface area contributed by atoms with E-state index in [-0.39, 0.29) is 17.9 Å². The number of rotatable bonds is 6. The van der Waals surface area contributed by atoms with Crippen LogP contribution >= 0.6 is 0 Å². The van der Waals surface area contributed by atoms with Crippen molar-refractivity contribution >= 4 is 11.8 Å². The van der Waals surface area contributed by atoms with E-state index in [0.29, 0.717) is 13.0 Å². The summed E-state index contributed by atoms with van der Waals surface area (Å²) in [7, 11) is 0. The summed E-state index contributed by atoms with van der Waals surface area (Å²) in [6, 6.07) is 6.57. The molecule has 1 aliphatic rings. The molecule has 0 radical (unpaired) electrons. The number of nitrogens with zero attached hydrogens (tertiary/aromatic N) is 1. The molecule has 0 atom stereocenters. The fourth-order valence-electron chi connectivity index (χ4n) is 3.13. The Hall–Kier alpha value is -1.88. The third-order valence-electron chi connectivity index (χ3n) is 4.45. The number of nitrogens with two attached hydrogens (primary N) is 1. The van der Waals surface area contributed by atoms with Crippen molar-refractivity contribution < 1.29 is 9.59 Å². The molecular formula is C18H27N3O2. The van der Waals surface area contributed by atoms with Crippen molar-refractivity contribution in [1.29, 1.82) is 0 Å². The van der Waals surface area contributed by atoms with E-state index in [9.17, 15) is 9.59 Å². The monoisotopic (exact) mass is 317 g/mol. The molecule has 1 aliphatic heterocycles. The van der Waals surface area contributed by atoms with Gasteiger partial charge < -0.3 is 11.1 Å². The Labute approximate surface area is 138 Å². The smallest absolute Gasteiger partial charge is 0.231 e. The number of amides is 2. The largest absolute Gasteiger partial charge is 0.369 e. The zero-order chi connectivity index (χ0) is 16.8. The van der Waals surface area contributed by atoms with Gasteiger partial charge in [-0.05, 0) is 44.2 Å². The SMILES string of the molecule is Cc1ccc(CCC(=O)NC2CCN(CC(N)=O)CC2)c(C)c1. The number of hydrogen-bond acceptors (Lipinski definition) is 3. The molecule has 126 valence electrons. The van der Waals surface area contributed by atoms with Crippen LogP contribution in [0.1, 0.15) is 36.0 Å². The van der Waals surface area contributed by atoms with Crippen molar-refractivity contribution in [3.8, 4) is 0 Å². The van der Waals surface area contributed by atoms with Gasteiger partial charge in [0, 0.05) is 25.6 Å². The summed E-state index contributed by atoms with van der Waals surface area (Å²) in [5.41, 5.74) is 8.94. The van der Waals surface area contributed by atoms with Gasteiger partial charge >= 0.3 is 0 Å². The number of carbonyl (C=O) groups is 2. The Morgan fingerprint density at radius 1 is 1.26 bits per heavy atom. The lowest BCUT2D eigenvalue weighted by Gasteiger charge is -2.31. The molecule has 23 heavy (non-hydrogen) atoms. The number of likely N-dealkylation sites (tertiary alicyclic amines) is 1. The summed E-state index contributed by atoms with van der Waals surface area (Å²) in [6.45, 7) is 6.10. The van der Waals surface area contributed by atoms with Crippen molar-refractivity contribution in [3.63, 3.8) is 0 Å². The molecule has 0 unspecified atom stereocenters. The Bertz CT molecular complexity index is 563.